The normalized spacial score (nSPS) is 17.6. The van der Waals surface area contributed by atoms with Crippen molar-refractivity contribution in [3.63, 3.8) is 0 Å². The molecule has 1 aliphatic heterocycles. The molecule has 0 radical (unpaired) electrons. The quantitative estimate of drug-likeness (QED) is 0.512. The Balaban J connectivity index is 2.02. The van der Waals surface area contributed by atoms with Crippen LogP contribution in [0.4, 0.5) is 0 Å². The van der Waals surface area contributed by atoms with Crippen LogP contribution in [0.5, 0.6) is 0 Å². The van der Waals surface area contributed by atoms with Crippen molar-refractivity contribution in [3.8, 4) is 11.1 Å². The number of rotatable bonds is 0. The molecule has 0 fully saturated rings. The van der Waals surface area contributed by atoms with Gasteiger partial charge in [0.15, 0.2) is 0 Å². The summed E-state index contributed by atoms with van der Waals surface area (Å²) in [5.74, 6) is 0. The van der Waals surface area contributed by atoms with Crippen molar-refractivity contribution in [1.29, 1.82) is 0 Å². The van der Waals surface area contributed by atoms with E-state index in [1.165, 1.54) is 23.1 Å². The second-order valence-corrected chi connectivity index (χ2v) is 9.76. The molecule has 0 nitrogen and oxygen atoms in total. The van der Waals surface area contributed by atoms with Crippen molar-refractivity contribution < 1.29 is 0 Å². The Kier molecular flexibility index (Phi) is 1.36. The molecule has 0 N–H and O–H groups in total. The molecule has 0 amide bonds. The minimum atomic E-state index is -1.09. The van der Waals surface area contributed by atoms with Gasteiger partial charge in [-0.2, -0.15) is 0 Å². The Hall–Kier alpha value is -1.34. The first-order valence-corrected chi connectivity index (χ1v) is 8.95. The Morgan fingerprint density at radius 1 is 0.938 bits per heavy atom. The molecular weight excluding hydrogens is 208 g/mol. The third-order valence-corrected chi connectivity index (χ3v) is 7.56. The van der Waals surface area contributed by atoms with E-state index in [1.807, 2.05) is 0 Å². The summed E-state index contributed by atoms with van der Waals surface area (Å²) in [6.07, 6.45) is 1.17. The van der Waals surface area contributed by atoms with E-state index in [1.54, 1.807) is 15.9 Å². The molecule has 0 atom stereocenters. The lowest BCUT2D eigenvalue weighted by molar-refractivity contribution is 1.28. The van der Waals surface area contributed by atoms with Gasteiger partial charge in [-0.3, -0.25) is 0 Å². The van der Waals surface area contributed by atoms with Crippen LogP contribution in [0.25, 0.3) is 11.1 Å². The Bertz CT molecular complexity index is 623. The summed E-state index contributed by atoms with van der Waals surface area (Å²) >= 11 is 0. The molecule has 1 heteroatoms. The zero-order valence-electron chi connectivity index (χ0n) is 9.67. The van der Waals surface area contributed by atoms with Crippen molar-refractivity contribution in [2.75, 3.05) is 0 Å². The second-order valence-electron chi connectivity index (χ2n) is 5.47. The van der Waals surface area contributed by atoms with Gasteiger partial charge in [-0.05, 0) is 28.7 Å². The number of hydrogen-bond donors (Lipinski definition) is 0. The minimum Gasteiger partial charge on any atom is -0.0621 e. The molecule has 1 heterocycles. The standard InChI is InChI=1S/C15H14Si/c1-16(2)14-8-7-12-11-6-4-3-5-10(11)9-13(12)15(14)16/h3-8H,9H2,1-2H3. The molecule has 78 valence electrons. The van der Waals surface area contributed by atoms with E-state index in [9.17, 15) is 0 Å². The van der Waals surface area contributed by atoms with Crippen LogP contribution in [0.2, 0.25) is 13.1 Å². The van der Waals surface area contributed by atoms with Gasteiger partial charge in [0, 0.05) is 0 Å². The van der Waals surface area contributed by atoms with Crippen molar-refractivity contribution in [2.45, 2.75) is 19.5 Å². The van der Waals surface area contributed by atoms with Crippen molar-refractivity contribution >= 4 is 18.4 Å². The van der Waals surface area contributed by atoms with Gasteiger partial charge in [0.1, 0.15) is 8.07 Å². The fourth-order valence-corrected chi connectivity index (χ4v) is 6.75. The molecule has 0 saturated heterocycles. The predicted molar refractivity (Wildman–Crippen MR) is 71.4 cm³/mol. The van der Waals surface area contributed by atoms with Gasteiger partial charge in [-0.25, -0.2) is 0 Å². The predicted octanol–water partition coefficient (Wildman–Crippen LogP) is 2.39. The lowest BCUT2D eigenvalue weighted by atomic mass is 10.1. The summed E-state index contributed by atoms with van der Waals surface area (Å²) in [7, 11) is -1.09. The van der Waals surface area contributed by atoms with Gasteiger partial charge in [0.25, 0.3) is 0 Å². The SMILES string of the molecule is C[Si]1(C)c2ccc3c(c21)Cc1ccccc1-3. The highest BCUT2D eigenvalue weighted by molar-refractivity contribution is 7.16. The molecule has 16 heavy (non-hydrogen) atoms. The molecule has 2 aliphatic rings. The summed E-state index contributed by atoms with van der Waals surface area (Å²) in [6, 6.07) is 13.6. The number of fused-ring (bicyclic) bond motifs is 5. The third-order valence-electron chi connectivity index (χ3n) is 4.22. The van der Waals surface area contributed by atoms with E-state index in [4.69, 9.17) is 0 Å². The minimum absolute atomic E-state index is 1.09. The molecule has 2 aromatic carbocycles. The summed E-state index contributed by atoms with van der Waals surface area (Å²) in [5, 5.41) is 3.44. The third kappa shape index (κ3) is 0.862. The highest BCUT2D eigenvalue weighted by Gasteiger charge is 2.47. The Morgan fingerprint density at radius 3 is 2.62 bits per heavy atom. The van der Waals surface area contributed by atoms with Gasteiger partial charge in [-0.1, -0.05) is 59.9 Å². The van der Waals surface area contributed by atoms with Crippen LogP contribution < -0.4 is 10.4 Å². The van der Waals surface area contributed by atoms with Gasteiger partial charge in [0.2, 0.25) is 0 Å². The van der Waals surface area contributed by atoms with E-state index in [-0.39, 0.29) is 0 Å². The molecule has 0 spiro atoms. The molecule has 0 saturated carbocycles. The molecule has 0 bridgehead atoms. The first-order valence-electron chi connectivity index (χ1n) is 5.95. The fraction of sp³-hybridized carbons (Fsp3) is 0.200. The average Bonchev–Trinajstić information content (AvgIpc) is 2.70. The van der Waals surface area contributed by atoms with Gasteiger partial charge in [0.05, 0.1) is 0 Å². The van der Waals surface area contributed by atoms with Crippen LogP contribution in [-0.4, -0.2) is 8.07 Å². The molecule has 4 rings (SSSR count). The van der Waals surface area contributed by atoms with Crippen LogP contribution in [0.3, 0.4) is 0 Å². The van der Waals surface area contributed by atoms with E-state index in [0.717, 1.165) is 0 Å². The lowest BCUT2D eigenvalue weighted by Crippen LogP contribution is -2.18. The lowest BCUT2D eigenvalue weighted by Gasteiger charge is -1.98. The van der Waals surface area contributed by atoms with E-state index < -0.39 is 8.07 Å². The van der Waals surface area contributed by atoms with Gasteiger partial charge in [-0.15, -0.1) is 0 Å². The van der Waals surface area contributed by atoms with Crippen LogP contribution in [0.15, 0.2) is 36.4 Å². The number of hydrogen-bond acceptors (Lipinski definition) is 0. The second kappa shape index (κ2) is 2.49. The molecule has 1 aliphatic carbocycles. The Morgan fingerprint density at radius 2 is 1.75 bits per heavy atom. The smallest absolute Gasteiger partial charge is 0.0621 e. The van der Waals surface area contributed by atoms with Crippen LogP contribution in [-0.2, 0) is 6.42 Å². The maximum atomic E-state index is 2.47. The topological polar surface area (TPSA) is 0 Å². The van der Waals surface area contributed by atoms with Crippen molar-refractivity contribution in [2.24, 2.45) is 0 Å². The van der Waals surface area contributed by atoms with Crippen molar-refractivity contribution in [3.05, 3.63) is 47.5 Å². The summed E-state index contributed by atoms with van der Waals surface area (Å²) in [4.78, 5) is 0. The zero-order valence-corrected chi connectivity index (χ0v) is 10.7. The van der Waals surface area contributed by atoms with Crippen LogP contribution >= 0.6 is 0 Å². The number of benzene rings is 2. The maximum absolute atomic E-state index is 2.47. The Labute approximate surface area is 97.0 Å². The molecular formula is C15H14Si. The zero-order chi connectivity index (χ0) is 10.9. The summed E-state index contributed by atoms with van der Waals surface area (Å²) in [6.45, 7) is 4.95. The monoisotopic (exact) mass is 222 g/mol. The fourth-order valence-electron chi connectivity index (χ4n) is 3.29. The first kappa shape index (κ1) is 8.77. The van der Waals surface area contributed by atoms with Crippen molar-refractivity contribution in [1.82, 2.24) is 0 Å². The first-order chi connectivity index (χ1) is 7.69. The highest BCUT2D eigenvalue weighted by Crippen LogP contribution is 2.38. The molecule has 0 unspecified atom stereocenters. The van der Waals surface area contributed by atoms with Crippen LogP contribution in [0.1, 0.15) is 11.1 Å². The summed E-state index contributed by atoms with van der Waals surface area (Å²) < 4.78 is 0. The van der Waals surface area contributed by atoms with E-state index in [2.05, 4.69) is 49.5 Å². The summed E-state index contributed by atoms with van der Waals surface area (Å²) in [5.41, 5.74) is 6.14. The molecule has 2 aromatic rings. The maximum Gasteiger partial charge on any atom is 0.112 e. The molecule has 0 aromatic heterocycles. The van der Waals surface area contributed by atoms with Gasteiger partial charge < -0.3 is 0 Å². The van der Waals surface area contributed by atoms with E-state index >= 15 is 0 Å². The highest BCUT2D eigenvalue weighted by atomic mass is 28.3. The van der Waals surface area contributed by atoms with Gasteiger partial charge >= 0.3 is 0 Å². The average molecular weight is 222 g/mol. The largest absolute Gasteiger partial charge is 0.112 e. The van der Waals surface area contributed by atoms with E-state index in [0.29, 0.717) is 0 Å². The van der Waals surface area contributed by atoms with Crippen LogP contribution in [0, 0.1) is 0 Å².